The third-order valence-electron chi connectivity index (χ3n) is 3.62. The first kappa shape index (κ1) is 11.8. The molecule has 2 aliphatic rings. The average Bonchev–Trinajstić information content (AvgIpc) is 3.19. The summed E-state index contributed by atoms with van der Waals surface area (Å²) in [6.45, 7) is 0.853. The lowest BCUT2D eigenvalue weighted by molar-refractivity contribution is 0.459. The molecule has 20 heavy (non-hydrogen) atoms. The predicted octanol–water partition coefficient (Wildman–Crippen LogP) is 2.74. The van der Waals surface area contributed by atoms with Crippen LogP contribution in [0.4, 0.5) is 0 Å². The molecule has 4 rings (SSSR count). The van der Waals surface area contributed by atoms with Crippen LogP contribution < -0.4 is 0 Å². The number of nitrogens with zero attached hydrogens (tertiary/aromatic N) is 3. The highest BCUT2D eigenvalue weighted by molar-refractivity contribution is 8.16. The Morgan fingerprint density at radius 3 is 3.00 bits per heavy atom. The van der Waals surface area contributed by atoms with Crippen molar-refractivity contribution in [1.82, 2.24) is 14.9 Å². The average molecular weight is 282 g/mol. The smallest absolute Gasteiger partial charge is 0.168 e. The second-order valence-corrected chi connectivity index (χ2v) is 5.75. The van der Waals surface area contributed by atoms with Gasteiger partial charge in [-0.2, -0.15) is 0 Å². The highest BCUT2D eigenvalue weighted by atomic mass is 32.2. The molecule has 2 aliphatic heterocycles. The summed E-state index contributed by atoms with van der Waals surface area (Å²) in [6, 6.07) is 10.9. The maximum atomic E-state index is 4.65. The van der Waals surface area contributed by atoms with Crippen molar-refractivity contribution in [2.75, 3.05) is 6.54 Å². The van der Waals surface area contributed by atoms with Gasteiger partial charge in [-0.05, 0) is 5.56 Å². The maximum absolute atomic E-state index is 4.65. The van der Waals surface area contributed by atoms with E-state index >= 15 is 0 Å². The van der Waals surface area contributed by atoms with Gasteiger partial charge < -0.3 is 9.88 Å². The van der Waals surface area contributed by atoms with Gasteiger partial charge in [-0.1, -0.05) is 42.1 Å². The van der Waals surface area contributed by atoms with Crippen LogP contribution >= 0.6 is 11.8 Å². The summed E-state index contributed by atoms with van der Waals surface area (Å²) in [6.07, 6.45) is 4.57. The number of benzene rings is 1. The molecule has 0 aliphatic carbocycles. The van der Waals surface area contributed by atoms with Gasteiger partial charge >= 0.3 is 0 Å². The second-order valence-electron chi connectivity index (χ2n) is 4.92. The molecule has 0 saturated heterocycles. The molecule has 1 atom stereocenters. The maximum Gasteiger partial charge on any atom is 0.168 e. The third-order valence-corrected chi connectivity index (χ3v) is 4.50. The molecule has 0 amide bonds. The van der Waals surface area contributed by atoms with E-state index in [4.69, 9.17) is 0 Å². The molecule has 1 N–H and O–H groups in total. The minimum Gasteiger partial charge on any atom is -0.348 e. The molecule has 0 saturated carbocycles. The van der Waals surface area contributed by atoms with Gasteiger partial charge in [-0.15, -0.1) is 0 Å². The minimum absolute atomic E-state index is 0.381. The van der Waals surface area contributed by atoms with Gasteiger partial charge in [0.05, 0.1) is 24.6 Å². The molecule has 1 aromatic carbocycles. The zero-order chi connectivity index (χ0) is 13.4. The standard InChI is InChI=1S/C15H14N4S/c1-2-4-11(5-3-1)14-9-20-15-17-8-13(19(14)15)6-12-7-16-10-18-12/h1-5,7,9-10,13H,6,8H2,(H,16,18)/t13-/m0/s1. The van der Waals surface area contributed by atoms with E-state index in [1.807, 2.05) is 12.3 Å². The Hall–Kier alpha value is -2.01. The quantitative estimate of drug-likeness (QED) is 0.941. The minimum atomic E-state index is 0.381. The summed E-state index contributed by atoms with van der Waals surface area (Å²) in [7, 11) is 0. The van der Waals surface area contributed by atoms with Crippen molar-refractivity contribution in [3.63, 3.8) is 0 Å². The normalized spacial score (nSPS) is 20.8. The van der Waals surface area contributed by atoms with Crippen molar-refractivity contribution in [3.8, 4) is 0 Å². The molecular weight excluding hydrogens is 268 g/mol. The number of aliphatic imine (C=N–C) groups is 1. The Morgan fingerprint density at radius 1 is 1.30 bits per heavy atom. The Bertz CT molecular complexity index is 660. The van der Waals surface area contributed by atoms with Crippen LogP contribution in [0.25, 0.3) is 5.70 Å². The van der Waals surface area contributed by atoms with Crippen LogP contribution in [-0.2, 0) is 6.42 Å². The molecular formula is C15H14N4S. The first-order valence-corrected chi connectivity index (χ1v) is 7.53. The number of nitrogens with one attached hydrogen (secondary N) is 1. The van der Waals surface area contributed by atoms with Gasteiger partial charge in [0.15, 0.2) is 5.17 Å². The summed E-state index contributed by atoms with van der Waals surface area (Å²) >= 11 is 1.72. The van der Waals surface area contributed by atoms with Crippen molar-refractivity contribution in [1.29, 1.82) is 0 Å². The number of hydrogen-bond acceptors (Lipinski definition) is 4. The molecule has 0 fully saturated rings. The zero-order valence-corrected chi connectivity index (χ0v) is 11.7. The summed E-state index contributed by atoms with van der Waals surface area (Å²) < 4.78 is 0. The second kappa shape index (κ2) is 4.83. The van der Waals surface area contributed by atoms with E-state index in [1.165, 1.54) is 11.3 Å². The van der Waals surface area contributed by atoms with Crippen molar-refractivity contribution >= 4 is 22.6 Å². The number of thioether (sulfide) groups is 1. The summed E-state index contributed by atoms with van der Waals surface area (Å²) in [5.41, 5.74) is 3.67. The molecule has 2 aromatic rings. The fourth-order valence-corrected chi connectivity index (χ4v) is 3.66. The topological polar surface area (TPSA) is 44.3 Å². The SMILES string of the molecule is C1=C(c2ccccc2)N2C(=NC[C@@H]2Cc2cnc[nH]2)S1. The Labute approximate surface area is 121 Å². The van der Waals surface area contributed by atoms with E-state index in [0.717, 1.165) is 23.8 Å². The Morgan fingerprint density at radius 2 is 2.20 bits per heavy atom. The lowest BCUT2D eigenvalue weighted by Crippen LogP contribution is -2.33. The van der Waals surface area contributed by atoms with Gasteiger partial charge in [-0.25, -0.2) is 4.98 Å². The summed E-state index contributed by atoms with van der Waals surface area (Å²) in [4.78, 5) is 14.3. The van der Waals surface area contributed by atoms with E-state index in [2.05, 4.69) is 49.5 Å². The van der Waals surface area contributed by atoms with Crippen molar-refractivity contribution < 1.29 is 0 Å². The van der Waals surface area contributed by atoms with Crippen molar-refractivity contribution in [2.45, 2.75) is 12.5 Å². The van der Waals surface area contributed by atoms with Crippen LogP contribution in [0.2, 0.25) is 0 Å². The Kier molecular flexibility index (Phi) is 2.85. The van der Waals surface area contributed by atoms with Crippen molar-refractivity contribution in [3.05, 3.63) is 59.5 Å². The first-order valence-electron chi connectivity index (χ1n) is 6.65. The third kappa shape index (κ3) is 1.94. The lowest BCUT2D eigenvalue weighted by atomic mass is 10.1. The molecule has 0 spiro atoms. The van der Waals surface area contributed by atoms with Crippen LogP contribution in [0, 0.1) is 0 Å². The number of amidine groups is 1. The van der Waals surface area contributed by atoms with E-state index in [1.54, 1.807) is 18.1 Å². The number of fused-ring (bicyclic) bond motifs is 1. The summed E-state index contributed by atoms with van der Waals surface area (Å²) in [5.74, 6) is 0. The molecule has 5 heteroatoms. The first-order chi connectivity index (χ1) is 9.92. The van der Waals surface area contributed by atoms with Gasteiger partial charge in [0, 0.05) is 23.7 Å². The highest BCUT2D eigenvalue weighted by Crippen LogP contribution is 2.38. The fraction of sp³-hybridized carbons (Fsp3) is 0.200. The number of aromatic amines is 1. The van der Waals surface area contributed by atoms with E-state index in [0.29, 0.717) is 6.04 Å². The van der Waals surface area contributed by atoms with Crippen LogP contribution in [0.5, 0.6) is 0 Å². The number of imidazole rings is 1. The van der Waals surface area contributed by atoms with Gasteiger partial charge in [0.1, 0.15) is 0 Å². The Balaban J connectivity index is 1.61. The lowest BCUT2D eigenvalue weighted by Gasteiger charge is -2.25. The van der Waals surface area contributed by atoms with Gasteiger partial charge in [0.2, 0.25) is 0 Å². The molecule has 3 heterocycles. The van der Waals surface area contributed by atoms with Crippen LogP contribution in [-0.4, -0.2) is 32.6 Å². The molecule has 0 unspecified atom stereocenters. The van der Waals surface area contributed by atoms with E-state index < -0.39 is 0 Å². The van der Waals surface area contributed by atoms with Crippen LogP contribution in [0.1, 0.15) is 11.3 Å². The number of rotatable bonds is 3. The van der Waals surface area contributed by atoms with E-state index in [-0.39, 0.29) is 0 Å². The highest BCUT2D eigenvalue weighted by Gasteiger charge is 2.35. The van der Waals surface area contributed by atoms with Gasteiger partial charge in [0.25, 0.3) is 0 Å². The monoisotopic (exact) mass is 282 g/mol. The molecule has 0 radical (unpaired) electrons. The van der Waals surface area contributed by atoms with E-state index in [9.17, 15) is 0 Å². The fourth-order valence-electron chi connectivity index (χ4n) is 2.68. The van der Waals surface area contributed by atoms with Gasteiger partial charge in [-0.3, -0.25) is 4.99 Å². The molecule has 0 bridgehead atoms. The van der Waals surface area contributed by atoms with Crippen LogP contribution in [0.3, 0.4) is 0 Å². The zero-order valence-electron chi connectivity index (χ0n) is 10.9. The largest absolute Gasteiger partial charge is 0.348 e. The predicted molar refractivity (Wildman–Crippen MR) is 82.2 cm³/mol. The van der Waals surface area contributed by atoms with Crippen molar-refractivity contribution in [2.24, 2.45) is 4.99 Å². The summed E-state index contributed by atoms with van der Waals surface area (Å²) in [5, 5.41) is 3.32. The number of hydrogen-bond donors (Lipinski definition) is 1. The molecule has 100 valence electrons. The van der Waals surface area contributed by atoms with Crippen LogP contribution in [0.15, 0.2) is 53.3 Å². The molecule has 4 nitrogen and oxygen atoms in total. The number of H-pyrrole nitrogens is 1. The molecule has 1 aromatic heterocycles. The number of aromatic nitrogens is 2.